The zero-order valence-electron chi connectivity index (χ0n) is 14.6. The molecule has 4 unspecified atom stereocenters. The van der Waals surface area contributed by atoms with E-state index in [-0.39, 0.29) is 12.2 Å². The molecule has 3 nitrogen and oxygen atoms in total. The smallest absolute Gasteiger partial charge is 0.241 e. The molecule has 122 valence electrons. The minimum atomic E-state index is 0.0217. The topological polar surface area (TPSA) is 32.3 Å². The predicted molar refractivity (Wildman–Crippen MR) is 87.9 cm³/mol. The van der Waals surface area contributed by atoms with Gasteiger partial charge in [0.1, 0.15) is 0 Å². The lowest BCUT2D eigenvalue weighted by Crippen LogP contribution is -2.49. The van der Waals surface area contributed by atoms with E-state index in [2.05, 4.69) is 44.8 Å². The molecule has 3 heteroatoms. The monoisotopic (exact) mass is 294 g/mol. The van der Waals surface area contributed by atoms with Gasteiger partial charge in [0, 0.05) is 6.04 Å². The van der Waals surface area contributed by atoms with E-state index in [0.29, 0.717) is 29.7 Å². The molecule has 1 saturated heterocycles. The fraction of sp³-hybridized carbons (Fsp3) is 0.944. The number of hydrogen-bond acceptors (Lipinski definition) is 2. The SMILES string of the molecule is CCC(C)C1NC(C(C)C)N(C(C)C2CCCCC2)C1=O. The van der Waals surface area contributed by atoms with Crippen LogP contribution in [0.4, 0.5) is 0 Å². The summed E-state index contributed by atoms with van der Waals surface area (Å²) in [6.45, 7) is 11.1. The van der Waals surface area contributed by atoms with Crippen LogP contribution in [0.3, 0.4) is 0 Å². The van der Waals surface area contributed by atoms with Gasteiger partial charge in [-0.25, -0.2) is 0 Å². The van der Waals surface area contributed by atoms with Crippen LogP contribution in [-0.4, -0.2) is 29.1 Å². The Morgan fingerprint density at radius 3 is 2.29 bits per heavy atom. The van der Waals surface area contributed by atoms with Crippen LogP contribution >= 0.6 is 0 Å². The van der Waals surface area contributed by atoms with Crippen LogP contribution in [-0.2, 0) is 4.79 Å². The summed E-state index contributed by atoms with van der Waals surface area (Å²) in [6, 6.07) is 0.403. The molecule has 1 aliphatic carbocycles. The number of carbonyl (C=O) groups is 1. The summed E-state index contributed by atoms with van der Waals surface area (Å²) >= 11 is 0. The number of nitrogens with one attached hydrogen (secondary N) is 1. The van der Waals surface area contributed by atoms with Gasteiger partial charge in [-0.1, -0.05) is 53.4 Å². The van der Waals surface area contributed by atoms with Crippen LogP contribution < -0.4 is 5.32 Å². The van der Waals surface area contributed by atoms with Gasteiger partial charge < -0.3 is 4.90 Å². The Morgan fingerprint density at radius 1 is 1.14 bits per heavy atom. The average Bonchev–Trinajstić information content (AvgIpc) is 2.84. The number of amides is 1. The Morgan fingerprint density at radius 2 is 1.76 bits per heavy atom. The van der Waals surface area contributed by atoms with Gasteiger partial charge >= 0.3 is 0 Å². The Hall–Kier alpha value is -0.570. The van der Waals surface area contributed by atoms with E-state index in [4.69, 9.17) is 0 Å². The van der Waals surface area contributed by atoms with E-state index in [1.165, 1.54) is 32.1 Å². The standard InChI is InChI=1S/C18H34N2O/c1-6-13(4)16-18(21)20(17(19-16)12(2)3)14(5)15-10-8-7-9-11-15/h12-17,19H,6-11H2,1-5H3. The molecule has 0 bridgehead atoms. The normalized spacial score (nSPS) is 31.0. The molecule has 0 aromatic heterocycles. The van der Waals surface area contributed by atoms with Gasteiger partial charge in [0.05, 0.1) is 12.2 Å². The second-order valence-electron chi connectivity index (χ2n) is 7.60. The summed E-state index contributed by atoms with van der Waals surface area (Å²) < 4.78 is 0. The quantitative estimate of drug-likeness (QED) is 0.837. The van der Waals surface area contributed by atoms with Gasteiger partial charge in [-0.2, -0.15) is 0 Å². The van der Waals surface area contributed by atoms with Crippen LogP contribution in [0.2, 0.25) is 0 Å². The lowest BCUT2D eigenvalue weighted by Gasteiger charge is -2.38. The van der Waals surface area contributed by atoms with Gasteiger partial charge in [-0.05, 0) is 37.5 Å². The van der Waals surface area contributed by atoms with E-state index in [1.807, 2.05) is 0 Å². The van der Waals surface area contributed by atoms with E-state index in [9.17, 15) is 4.79 Å². The molecule has 1 amide bonds. The van der Waals surface area contributed by atoms with E-state index in [1.54, 1.807) is 0 Å². The van der Waals surface area contributed by atoms with Gasteiger partial charge in [-0.3, -0.25) is 10.1 Å². The molecular formula is C18H34N2O. The zero-order chi connectivity index (χ0) is 15.6. The van der Waals surface area contributed by atoms with E-state index >= 15 is 0 Å². The molecule has 2 fully saturated rings. The molecule has 1 aliphatic heterocycles. The number of rotatable bonds is 5. The highest BCUT2D eigenvalue weighted by Crippen LogP contribution is 2.33. The first kappa shape index (κ1) is 16.8. The first-order valence-corrected chi connectivity index (χ1v) is 9.05. The molecule has 0 aromatic carbocycles. The minimum Gasteiger partial charge on any atom is -0.323 e. The van der Waals surface area contributed by atoms with E-state index < -0.39 is 0 Å². The Labute approximate surface area is 130 Å². The van der Waals surface area contributed by atoms with Crippen LogP contribution in [0.25, 0.3) is 0 Å². The largest absolute Gasteiger partial charge is 0.323 e. The van der Waals surface area contributed by atoms with Crippen LogP contribution in [0, 0.1) is 17.8 Å². The maximum Gasteiger partial charge on any atom is 0.241 e. The van der Waals surface area contributed by atoms with Crippen molar-refractivity contribution in [2.45, 2.75) is 91.4 Å². The number of hydrogen-bond donors (Lipinski definition) is 1. The molecule has 0 spiro atoms. The van der Waals surface area contributed by atoms with Crippen molar-refractivity contribution in [3.63, 3.8) is 0 Å². The zero-order valence-corrected chi connectivity index (χ0v) is 14.6. The van der Waals surface area contributed by atoms with Crippen molar-refractivity contribution in [2.75, 3.05) is 0 Å². The summed E-state index contributed by atoms with van der Waals surface area (Å²) in [6.07, 6.45) is 7.91. The molecule has 2 rings (SSSR count). The molecule has 1 heterocycles. The lowest BCUT2D eigenvalue weighted by atomic mass is 9.83. The summed E-state index contributed by atoms with van der Waals surface area (Å²) in [4.78, 5) is 15.2. The van der Waals surface area contributed by atoms with E-state index in [0.717, 1.165) is 6.42 Å². The van der Waals surface area contributed by atoms with Crippen molar-refractivity contribution in [1.29, 1.82) is 0 Å². The van der Waals surface area contributed by atoms with Crippen molar-refractivity contribution in [2.24, 2.45) is 17.8 Å². The Kier molecular flexibility index (Phi) is 5.70. The summed E-state index contributed by atoms with van der Waals surface area (Å²) in [7, 11) is 0. The summed E-state index contributed by atoms with van der Waals surface area (Å²) in [5.74, 6) is 1.93. The molecular weight excluding hydrogens is 260 g/mol. The fourth-order valence-corrected chi connectivity index (χ4v) is 4.09. The lowest BCUT2D eigenvalue weighted by molar-refractivity contribution is -0.134. The molecule has 1 N–H and O–H groups in total. The van der Waals surface area contributed by atoms with Gasteiger partial charge in [0.2, 0.25) is 5.91 Å². The van der Waals surface area contributed by atoms with Crippen LogP contribution in [0.15, 0.2) is 0 Å². The highest BCUT2D eigenvalue weighted by atomic mass is 16.2. The highest BCUT2D eigenvalue weighted by Gasteiger charge is 2.45. The highest BCUT2D eigenvalue weighted by molar-refractivity contribution is 5.85. The number of nitrogens with zero attached hydrogens (tertiary/aromatic N) is 1. The number of carbonyl (C=O) groups excluding carboxylic acids is 1. The first-order chi connectivity index (χ1) is 9.97. The summed E-state index contributed by atoms with van der Waals surface area (Å²) in [5, 5.41) is 3.64. The Balaban J connectivity index is 2.15. The second-order valence-corrected chi connectivity index (χ2v) is 7.60. The minimum absolute atomic E-state index is 0.0217. The van der Waals surface area contributed by atoms with Gasteiger partial charge in [-0.15, -0.1) is 0 Å². The van der Waals surface area contributed by atoms with Crippen molar-refractivity contribution in [3.05, 3.63) is 0 Å². The molecule has 2 aliphatic rings. The van der Waals surface area contributed by atoms with Gasteiger partial charge in [0.25, 0.3) is 0 Å². The average molecular weight is 294 g/mol. The van der Waals surface area contributed by atoms with Crippen LogP contribution in [0.1, 0.15) is 73.1 Å². The molecule has 0 radical (unpaired) electrons. The van der Waals surface area contributed by atoms with Crippen molar-refractivity contribution in [3.8, 4) is 0 Å². The second kappa shape index (κ2) is 7.13. The third-order valence-electron chi connectivity index (χ3n) is 5.79. The maximum atomic E-state index is 13.0. The predicted octanol–water partition coefficient (Wildman–Crippen LogP) is 3.78. The third kappa shape index (κ3) is 3.44. The molecule has 21 heavy (non-hydrogen) atoms. The molecule has 1 saturated carbocycles. The Bertz CT molecular complexity index is 349. The molecule has 4 atom stereocenters. The van der Waals surface area contributed by atoms with Gasteiger partial charge in [0.15, 0.2) is 0 Å². The van der Waals surface area contributed by atoms with Crippen LogP contribution in [0.5, 0.6) is 0 Å². The van der Waals surface area contributed by atoms with Crippen molar-refractivity contribution in [1.82, 2.24) is 10.2 Å². The maximum absolute atomic E-state index is 13.0. The summed E-state index contributed by atoms with van der Waals surface area (Å²) in [5.41, 5.74) is 0. The molecule has 0 aromatic rings. The fourth-order valence-electron chi connectivity index (χ4n) is 4.09. The van der Waals surface area contributed by atoms with Crippen molar-refractivity contribution >= 4 is 5.91 Å². The first-order valence-electron chi connectivity index (χ1n) is 9.05. The third-order valence-corrected chi connectivity index (χ3v) is 5.79. The van der Waals surface area contributed by atoms with Crippen molar-refractivity contribution < 1.29 is 4.79 Å².